The Balaban J connectivity index is 0.00000289. The van der Waals surface area contributed by atoms with Crippen molar-refractivity contribution in [2.75, 3.05) is 6.61 Å². The Morgan fingerprint density at radius 3 is 2.28 bits per heavy atom. The molecule has 0 saturated heterocycles. The Morgan fingerprint density at radius 2 is 1.83 bits per heavy atom. The molecule has 0 aliphatic heterocycles. The van der Waals surface area contributed by atoms with E-state index in [1.807, 2.05) is 0 Å². The van der Waals surface area contributed by atoms with Crippen LogP contribution in [-0.2, 0) is 0 Å². The van der Waals surface area contributed by atoms with Crippen LogP contribution >= 0.6 is 0 Å². The third kappa shape index (κ3) is 6.27. The zero-order chi connectivity index (χ0) is 12.9. The zero-order valence-electron chi connectivity index (χ0n) is 10.6. The van der Waals surface area contributed by atoms with E-state index in [0.717, 1.165) is 0 Å². The number of ether oxygens (including phenoxy) is 1. The Bertz CT molecular complexity index is 384. The fourth-order valence-corrected chi connectivity index (χ4v) is 1.58. The lowest BCUT2D eigenvalue weighted by Gasteiger charge is -2.22. The molecular weight excluding hydrogens is 226 g/mol. The average molecular weight is 249 g/mol. The Hall–Kier alpha value is -1.53. The summed E-state index contributed by atoms with van der Waals surface area (Å²) in [6.07, 6.45) is 0.239. The van der Waals surface area contributed by atoms with Crippen LogP contribution in [-0.4, -0.2) is 17.8 Å². The fraction of sp³-hybridized carbons (Fsp3) is 0.533. The van der Waals surface area contributed by atoms with Gasteiger partial charge in [0.05, 0.1) is 12.7 Å². The van der Waals surface area contributed by atoms with Gasteiger partial charge in [-0.3, -0.25) is 0 Å². The first-order valence-corrected chi connectivity index (χ1v) is 5.69. The summed E-state index contributed by atoms with van der Waals surface area (Å²) >= 11 is 0. The average Bonchev–Trinajstić information content (AvgIpc) is 2.25. The highest BCUT2D eigenvalue weighted by atomic mass is 16.5. The Labute approximate surface area is 110 Å². The Morgan fingerprint density at radius 1 is 1.28 bits per heavy atom. The van der Waals surface area contributed by atoms with Gasteiger partial charge in [0.2, 0.25) is 0 Å². The minimum Gasteiger partial charge on any atom is -0.491 e. The summed E-state index contributed by atoms with van der Waals surface area (Å²) in [4.78, 5) is 3.30. The van der Waals surface area contributed by atoms with Gasteiger partial charge < -0.3 is 9.84 Å². The van der Waals surface area contributed by atoms with Crippen molar-refractivity contribution < 1.29 is 9.84 Å². The van der Waals surface area contributed by atoms with Gasteiger partial charge in [-0.1, -0.05) is 40.3 Å². The van der Waals surface area contributed by atoms with Crippen LogP contribution in [0.5, 0.6) is 5.75 Å². The van der Waals surface area contributed by atoms with Gasteiger partial charge in [-0.2, -0.15) is 0 Å². The van der Waals surface area contributed by atoms with Crippen LogP contribution in [0.1, 0.15) is 34.6 Å². The molecule has 1 atom stereocenters. The second-order valence-corrected chi connectivity index (χ2v) is 5.34. The standard InChI is InChI=1S/C14H19NO2.CH4/c1-14(2,3)9-12(16)10-17-13-7-5-11(15-4)6-8-13;/h5-8,12,16H,9-10H2,1-3H3;1H4. The Kier molecular flexibility index (Phi) is 6.43. The van der Waals surface area contributed by atoms with Gasteiger partial charge in [0.25, 0.3) is 0 Å². The quantitative estimate of drug-likeness (QED) is 0.817. The summed E-state index contributed by atoms with van der Waals surface area (Å²) in [6.45, 7) is 13.4. The molecule has 1 unspecified atom stereocenters. The number of benzene rings is 1. The number of aliphatic hydroxyl groups excluding tert-OH is 1. The molecule has 18 heavy (non-hydrogen) atoms. The molecule has 1 N–H and O–H groups in total. The van der Waals surface area contributed by atoms with Crippen LogP contribution in [0.25, 0.3) is 4.85 Å². The highest BCUT2D eigenvalue weighted by Crippen LogP contribution is 2.22. The molecule has 0 aliphatic carbocycles. The number of hydrogen-bond acceptors (Lipinski definition) is 2. The number of nitrogens with zero attached hydrogens (tertiary/aromatic N) is 1. The smallest absolute Gasteiger partial charge is 0.187 e. The van der Waals surface area contributed by atoms with Gasteiger partial charge >= 0.3 is 0 Å². The lowest BCUT2D eigenvalue weighted by atomic mass is 9.89. The summed E-state index contributed by atoms with van der Waals surface area (Å²) in [5.74, 6) is 0.686. The fourth-order valence-electron chi connectivity index (χ4n) is 1.58. The highest BCUT2D eigenvalue weighted by molar-refractivity contribution is 5.46. The molecule has 0 saturated carbocycles. The minimum atomic E-state index is -0.462. The van der Waals surface area contributed by atoms with E-state index >= 15 is 0 Å². The van der Waals surface area contributed by atoms with E-state index in [1.165, 1.54) is 0 Å². The maximum atomic E-state index is 9.77. The van der Waals surface area contributed by atoms with Gasteiger partial charge in [-0.25, -0.2) is 4.85 Å². The van der Waals surface area contributed by atoms with Crippen molar-refractivity contribution >= 4 is 5.69 Å². The van der Waals surface area contributed by atoms with E-state index in [1.54, 1.807) is 24.3 Å². The summed E-state index contributed by atoms with van der Waals surface area (Å²) < 4.78 is 5.46. The van der Waals surface area contributed by atoms with Gasteiger partial charge in [0.15, 0.2) is 5.69 Å². The third-order valence-electron chi connectivity index (χ3n) is 2.26. The largest absolute Gasteiger partial charge is 0.491 e. The van der Waals surface area contributed by atoms with E-state index in [-0.39, 0.29) is 19.4 Å². The van der Waals surface area contributed by atoms with Crippen molar-refractivity contribution in [1.29, 1.82) is 0 Å². The van der Waals surface area contributed by atoms with Crippen molar-refractivity contribution in [1.82, 2.24) is 0 Å². The van der Waals surface area contributed by atoms with Crippen LogP contribution in [0.3, 0.4) is 0 Å². The SMILES string of the molecule is C.[C-]#[N+]c1ccc(OCC(O)CC(C)(C)C)cc1. The van der Waals surface area contributed by atoms with Crippen LogP contribution in [0, 0.1) is 12.0 Å². The van der Waals surface area contributed by atoms with Crippen molar-refractivity contribution in [2.24, 2.45) is 5.41 Å². The van der Waals surface area contributed by atoms with Crippen molar-refractivity contribution in [3.8, 4) is 5.75 Å². The third-order valence-corrected chi connectivity index (χ3v) is 2.26. The molecule has 0 aliphatic rings. The molecule has 0 heterocycles. The van der Waals surface area contributed by atoms with Crippen molar-refractivity contribution in [3.05, 3.63) is 35.7 Å². The summed E-state index contributed by atoms with van der Waals surface area (Å²) in [5.41, 5.74) is 0.684. The monoisotopic (exact) mass is 249 g/mol. The van der Waals surface area contributed by atoms with Crippen LogP contribution in [0.4, 0.5) is 5.69 Å². The van der Waals surface area contributed by atoms with Crippen molar-refractivity contribution in [3.63, 3.8) is 0 Å². The van der Waals surface area contributed by atoms with Crippen LogP contribution < -0.4 is 4.74 Å². The predicted octanol–water partition coefficient (Wildman–Crippen LogP) is 4.05. The summed E-state index contributed by atoms with van der Waals surface area (Å²) in [6, 6.07) is 6.91. The second-order valence-electron chi connectivity index (χ2n) is 5.34. The second kappa shape index (κ2) is 7.03. The molecule has 0 radical (unpaired) electrons. The van der Waals surface area contributed by atoms with Gasteiger partial charge in [0, 0.05) is 0 Å². The molecule has 100 valence electrons. The van der Waals surface area contributed by atoms with Gasteiger partial charge in [0.1, 0.15) is 12.4 Å². The van der Waals surface area contributed by atoms with Gasteiger partial charge in [-0.05, 0) is 24.0 Å². The molecule has 0 amide bonds. The topological polar surface area (TPSA) is 33.8 Å². The molecule has 0 bridgehead atoms. The first-order valence-electron chi connectivity index (χ1n) is 5.69. The van der Waals surface area contributed by atoms with Crippen LogP contribution in [0.2, 0.25) is 0 Å². The molecule has 3 heteroatoms. The van der Waals surface area contributed by atoms with E-state index in [9.17, 15) is 5.11 Å². The molecule has 0 fully saturated rings. The van der Waals surface area contributed by atoms with Crippen molar-refractivity contribution in [2.45, 2.75) is 40.7 Å². The van der Waals surface area contributed by atoms with Crippen LogP contribution in [0.15, 0.2) is 24.3 Å². The van der Waals surface area contributed by atoms with E-state index in [2.05, 4.69) is 25.6 Å². The maximum absolute atomic E-state index is 9.77. The van der Waals surface area contributed by atoms with E-state index < -0.39 is 6.10 Å². The lowest BCUT2D eigenvalue weighted by molar-refractivity contribution is 0.0710. The van der Waals surface area contributed by atoms with E-state index in [0.29, 0.717) is 17.9 Å². The van der Waals surface area contributed by atoms with E-state index in [4.69, 9.17) is 11.3 Å². The molecule has 1 aromatic rings. The number of rotatable bonds is 4. The maximum Gasteiger partial charge on any atom is 0.187 e. The predicted molar refractivity (Wildman–Crippen MR) is 75.0 cm³/mol. The molecule has 1 rings (SSSR count). The lowest BCUT2D eigenvalue weighted by Crippen LogP contribution is -2.23. The molecule has 0 spiro atoms. The normalized spacial score (nSPS) is 12.2. The highest BCUT2D eigenvalue weighted by Gasteiger charge is 2.16. The van der Waals surface area contributed by atoms with Gasteiger partial charge in [-0.15, -0.1) is 0 Å². The summed E-state index contributed by atoms with van der Waals surface area (Å²) in [7, 11) is 0. The first-order chi connectivity index (χ1) is 7.90. The summed E-state index contributed by atoms with van der Waals surface area (Å²) in [5, 5.41) is 9.77. The molecular formula is C15H23NO2. The zero-order valence-corrected chi connectivity index (χ0v) is 10.6. The number of hydrogen-bond donors (Lipinski definition) is 1. The minimum absolute atomic E-state index is 0. The number of aliphatic hydroxyl groups is 1. The first kappa shape index (κ1) is 16.5. The molecule has 0 aromatic heterocycles. The molecule has 3 nitrogen and oxygen atoms in total. The molecule has 1 aromatic carbocycles.